The van der Waals surface area contributed by atoms with Crippen LogP contribution in [-0.2, 0) is 16.1 Å². The molecule has 2 aromatic heterocycles. The van der Waals surface area contributed by atoms with Crippen molar-refractivity contribution in [2.24, 2.45) is 0 Å². The number of aryl methyl sites for hydroxylation is 1. The van der Waals surface area contributed by atoms with Crippen molar-refractivity contribution in [1.29, 1.82) is 0 Å². The van der Waals surface area contributed by atoms with Crippen LogP contribution in [0.2, 0.25) is 0 Å². The summed E-state index contributed by atoms with van der Waals surface area (Å²) >= 11 is 1.13. The number of aromatic nitrogens is 3. The Hall–Kier alpha value is -3.92. The number of carbonyl (C=O) groups is 2. The summed E-state index contributed by atoms with van der Waals surface area (Å²) in [4.78, 5) is 44.7. The van der Waals surface area contributed by atoms with Gasteiger partial charge >= 0.3 is 0 Å². The highest BCUT2D eigenvalue weighted by atomic mass is 32.1. The van der Waals surface area contributed by atoms with Gasteiger partial charge in [0.05, 0.1) is 22.9 Å². The number of para-hydroxylation sites is 1. The Labute approximate surface area is 185 Å². The highest BCUT2D eigenvalue weighted by molar-refractivity contribution is 7.14. The molecule has 4 rings (SSSR count). The highest BCUT2D eigenvalue weighted by Crippen LogP contribution is 2.28. The zero-order valence-electron chi connectivity index (χ0n) is 17.2. The molecule has 0 saturated carbocycles. The second kappa shape index (κ2) is 8.67. The van der Waals surface area contributed by atoms with Crippen LogP contribution >= 0.6 is 11.3 Å². The van der Waals surface area contributed by atoms with Crippen LogP contribution in [0.15, 0.2) is 52.9 Å². The molecule has 0 spiro atoms. The molecule has 0 aliphatic rings. The fraction of sp³-hybridized carbons (Fsp3) is 0.136. The maximum atomic E-state index is 14.4. The number of hydrogen-bond acceptors (Lipinski definition) is 6. The Morgan fingerprint density at radius 1 is 1.19 bits per heavy atom. The van der Waals surface area contributed by atoms with E-state index in [1.165, 1.54) is 30.0 Å². The number of carbonyl (C=O) groups excluding carboxylic acids is 2. The van der Waals surface area contributed by atoms with Crippen molar-refractivity contribution in [2.75, 3.05) is 10.6 Å². The molecule has 2 aromatic carbocycles. The number of nitrogens with one attached hydrogen (secondary N) is 2. The zero-order chi connectivity index (χ0) is 22.8. The molecule has 0 saturated heterocycles. The molecule has 162 valence electrons. The van der Waals surface area contributed by atoms with E-state index in [9.17, 15) is 18.8 Å². The second-order valence-electron chi connectivity index (χ2n) is 7.11. The topological polar surface area (TPSA) is 106 Å². The maximum absolute atomic E-state index is 14.4. The lowest BCUT2D eigenvalue weighted by molar-refractivity contribution is -0.117. The van der Waals surface area contributed by atoms with E-state index in [1.807, 2.05) is 13.0 Å². The van der Waals surface area contributed by atoms with Crippen molar-refractivity contribution < 1.29 is 14.0 Å². The van der Waals surface area contributed by atoms with Gasteiger partial charge in [-0.15, -0.1) is 11.3 Å². The Balaban J connectivity index is 1.49. The number of rotatable bonds is 5. The van der Waals surface area contributed by atoms with Gasteiger partial charge in [-0.25, -0.2) is 14.4 Å². The molecule has 0 atom stereocenters. The smallest absolute Gasteiger partial charge is 0.261 e. The van der Waals surface area contributed by atoms with Crippen molar-refractivity contribution in [2.45, 2.75) is 20.4 Å². The van der Waals surface area contributed by atoms with Gasteiger partial charge < -0.3 is 10.6 Å². The lowest BCUT2D eigenvalue weighted by atomic mass is 10.1. The van der Waals surface area contributed by atoms with Crippen LogP contribution in [0.4, 0.5) is 15.2 Å². The van der Waals surface area contributed by atoms with Gasteiger partial charge in [0.25, 0.3) is 5.56 Å². The molecule has 10 heteroatoms. The predicted octanol–water partition coefficient (Wildman–Crippen LogP) is 3.56. The number of benzene rings is 2. The minimum Gasteiger partial charge on any atom is -0.326 e. The van der Waals surface area contributed by atoms with Gasteiger partial charge in [0, 0.05) is 23.6 Å². The SMILES string of the molecule is CC(=O)Nc1ccc(-c2csc(NC(=O)Cn3cnc4c(C)cccc4c3=O)n2)c(F)c1. The molecule has 0 fully saturated rings. The van der Waals surface area contributed by atoms with Gasteiger partial charge in [-0.05, 0) is 36.8 Å². The molecular formula is C22H18FN5O3S. The van der Waals surface area contributed by atoms with Gasteiger partial charge in [-0.1, -0.05) is 12.1 Å². The van der Waals surface area contributed by atoms with Crippen molar-refractivity contribution >= 4 is 44.9 Å². The van der Waals surface area contributed by atoms with E-state index in [2.05, 4.69) is 20.6 Å². The monoisotopic (exact) mass is 451 g/mol. The summed E-state index contributed by atoms with van der Waals surface area (Å²) in [5.74, 6) is -1.31. The number of nitrogens with zero attached hydrogens (tertiary/aromatic N) is 3. The van der Waals surface area contributed by atoms with Crippen LogP contribution in [0, 0.1) is 12.7 Å². The highest BCUT2D eigenvalue weighted by Gasteiger charge is 2.14. The van der Waals surface area contributed by atoms with Gasteiger partial charge in [-0.3, -0.25) is 19.0 Å². The van der Waals surface area contributed by atoms with E-state index in [4.69, 9.17) is 0 Å². The van der Waals surface area contributed by atoms with E-state index in [-0.39, 0.29) is 28.7 Å². The first kappa shape index (κ1) is 21.3. The predicted molar refractivity (Wildman–Crippen MR) is 121 cm³/mol. The Kier molecular flexibility index (Phi) is 5.78. The minimum absolute atomic E-state index is 0.232. The second-order valence-corrected chi connectivity index (χ2v) is 7.97. The summed E-state index contributed by atoms with van der Waals surface area (Å²) in [7, 11) is 0. The standard InChI is InChI=1S/C22H18FN5O3S/c1-12-4-3-5-16-20(12)24-11-28(21(16)31)9-19(30)27-22-26-18(10-32-22)15-7-6-14(8-17(15)23)25-13(2)29/h3-8,10-11H,9H2,1-2H3,(H,25,29)(H,26,27,30). The summed E-state index contributed by atoms with van der Waals surface area (Å²) in [5.41, 5.74) is 2.09. The summed E-state index contributed by atoms with van der Waals surface area (Å²) in [6.07, 6.45) is 1.34. The molecule has 32 heavy (non-hydrogen) atoms. The molecule has 0 aliphatic heterocycles. The number of fused-ring (bicyclic) bond motifs is 1. The van der Waals surface area contributed by atoms with Gasteiger partial charge in [0.1, 0.15) is 12.4 Å². The number of hydrogen-bond donors (Lipinski definition) is 2. The number of amides is 2. The van der Waals surface area contributed by atoms with Crippen LogP contribution in [0.25, 0.3) is 22.2 Å². The van der Waals surface area contributed by atoms with E-state index in [0.29, 0.717) is 22.3 Å². The van der Waals surface area contributed by atoms with Crippen molar-refractivity contribution in [3.63, 3.8) is 0 Å². The Bertz CT molecular complexity index is 1410. The minimum atomic E-state index is -0.552. The van der Waals surface area contributed by atoms with Gasteiger partial charge in [0.15, 0.2) is 5.13 Å². The first-order chi connectivity index (χ1) is 15.3. The van der Waals surface area contributed by atoms with Crippen LogP contribution in [0.3, 0.4) is 0 Å². The molecule has 2 N–H and O–H groups in total. The van der Waals surface area contributed by atoms with Crippen LogP contribution in [0.1, 0.15) is 12.5 Å². The van der Waals surface area contributed by atoms with Crippen molar-refractivity contribution in [1.82, 2.24) is 14.5 Å². The average Bonchev–Trinajstić information content (AvgIpc) is 3.18. The Morgan fingerprint density at radius 3 is 2.75 bits per heavy atom. The molecule has 2 heterocycles. The Morgan fingerprint density at radius 2 is 2.00 bits per heavy atom. The number of halogens is 1. The summed E-state index contributed by atoms with van der Waals surface area (Å²) in [6, 6.07) is 9.58. The molecular weight excluding hydrogens is 433 g/mol. The molecule has 4 aromatic rings. The first-order valence-corrected chi connectivity index (χ1v) is 10.5. The normalized spacial score (nSPS) is 10.8. The van der Waals surface area contributed by atoms with Crippen LogP contribution in [-0.4, -0.2) is 26.3 Å². The fourth-order valence-corrected chi connectivity index (χ4v) is 3.95. The fourth-order valence-electron chi connectivity index (χ4n) is 3.22. The van der Waals surface area contributed by atoms with Crippen molar-refractivity contribution in [3.05, 3.63) is 69.8 Å². The third-order valence-electron chi connectivity index (χ3n) is 4.69. The molecule has 0 radical (unpaired) electrons. The summed E-state index contributed by atoms with van der Waals surface area (Å²) in [5, 5.41) is 7.46. The average molecular weight is 451 g/mol. The van der Waals surface area contributed by atoms with Crippen LogP contribution < -0.4 is 16.2 Å². The first-order valence-electron chi connectivity index (χ1n) is 9.59. The van der Waals surface area contributed by atoms with Crippen LogP contribution in [0.5, 0.6) is 0 Å². The van der Waals surface area contributed by atoms with Gasteiger partial charge in [-0.2, -0.15) is 0 Å². The molecule has 0 unspecified atom stereocenters. The maximum Gasteiger partial charge on any atom is 0.261 e. The molecule has 0 bridgehead atoms. The van der Waals surface area contributed by atoms with E-state index < -0.39 is 11.7 Å². The van der Waals surface area contributed by atoms with E-state index in [1.54, 1.807) is 23.6 Å². The van der Waals surface area contributed by atoms with Gasteiger partial charge in [0.2, 0.25) is 11.8 Å². The third kappa shape index (κ3) is 4.40. The van der Waals surface area contributed by atoms with E-state index in [0.717, 1.165) is 16.9 Å². The number of thiazole rings is 1. The molecule has 2 amide bonds. The lowest BCUT2D eigenvalue weighted by Gasteiger charge is -2.07. The lowest BCUT2D eigenvalue weighted by Crippen LogP contribution is -2.28. The third-order valence-corrected chi connectivity index (χ3v) is 5.44. The van der Waals surface area contributed by atoms with Crippen molar-refractivity contribution in [3.8, 4) is 11.3 Å². The quantitative estimate of drug-likeness (QED) is 0.483. The summed E-state index contributed by atoms with van der Waals surface area (Å²) in [6.45, 7) is 2.97. The largest absolute Gasteiger partial charge is 0.326 e. The number of anilines is 2. The summed E-state index contributed by atoms with van der Waals surface area (Å²) < 4.78 is 15.7. The van der Waals surface area contributed by atoms with E-state index >= 15 is 0 Å². The molecule has 8 nitrogen and oxygen atoms in total. The molecule has 0 aliphatic carbocycles. The zero-order valence-corrected chi connectivity index (χ0v) is 18.0.